The monoisotopic (exact) mass is 358 g/mol. The maximum atomic E-state index is 6.06. The van der Waals surface area contributed by atoms with Gasteiger partial charge in [0.25, 0.3) is 0 Å². The van der Waals surface area contributed by atoms with Gasteiger partial charge in [-0.15, -0.1) is 10.2 Å². The summed E-state index contributed by atoms with van der Waals surface area (Å²) in [5, 5.41) is 14.9. The summed E-state index contributed by atoms with van der Waals surface area (Å²) < 4.78 is 2.03. The summed E-state index contributed by atoms with van der Waals surface area (Å²) in [6.45, 7) is 0. The number of halogens is 1. The van der Waals surface area contributed by atoms with Gasteiger partial charge in [-0.25, -0.2) is 0 Å². The minimum Gasteiger partial charge on any atom is -0.324 e. The molecule has 26 heavy (non-hydrogen) atoms. The first-order chi connectivity index (χ1) is 12.8. The van der Waals surface area contributed by atoms with E-state index in [0.717, 1.165) is 27.8 Å². The highest BCUT2D eigenvalue weighted by Gasteiger charge is 2.23. The van der Waals surface area contributed by atoms with Crippen LogP contribution in [0.3, 0.4) is 0 Å². The summed E-state index contributed by atoms with van der Waals surface area (Å²) in [5.74, 6) is 0.732. The van der Waals surface area contributed by atoms with Gasteiger partial charge in [0.1, 0.15) is 6.33 Å². The van der Waals surface area contributed by atoms with Crippen LogP contribution in [-0.2, 0) is 0 Å². The van der Waals surface area contributed by atoms with Crippen LogP contribution in [0.4, 0.5) is 5.95 Å². The number of hydrogen-bond donors (Lipinski definition) is 1. The Kier molecular flexibility index (Phi) is 3.50. The fourth-order valence-corrected chi connectivity index (χ4v) is 3.60. The second-order valence-electron chi connectivity index (χ2n) is 6.29. The Hall–Kier alpha value is -3.11. The molecule has 3 aromatic carbocycles. The standard InChI is InChI=1S/C21H15ClN4/c22-16-10-8-15(9-11-16)20-12-19(24-21-25-23-13-26(20)21)18-7-3-5-14-4-1-2-6-17(14)18/h1-13,20H,(H,24,25). The smallest absolute Gasteiger partial charge is 0.229 e. The van der Waals surface area contributed by atoms with Crippen LogP contribution < -0.4 is 5.32 Å². The maximum Gasteiger partial charge on any atom is 0.229 e. The lowest BCUT2D eigenvalue weighted by Crippen LogP contribution is -2.18. The van der Waals surface area contributed by atoms with E-state index in [4.69, 9.17) is 11.6 Å². The Morgan fingerprint density at radius 2 is 1.73 bits per heavy atom. The van der Waals surface area contributed by atoms with Gasteiger partial charge in [0, 0.05) is 16.3 Å². The molecule has 0 radical (unpaired) electrons. The number of nitrogens with zero attached hydrogens (tertiary/aromatic N) is 3. The van der Waals surface area contributed by atoms with Crippen LogP contribution in [0.5, 0.6) is 0 Å². The van der Waals surface area contributed by atoms with Gasteiger partial charge in [0.05, 0.1) is 6.04 Å². The molecule has 1 aliphatic heterocycles. The van der Waals surface area contributed by atoms with Gasteiger partial charge < -0.3 is 5.32 Å². The summed E-state index contributed by atoms with van der Waals surface area (Å²) in [4.78, 5) is 0. The van der Waals surface area contributed by atoms with E-state index in [1.165, 1.54) is 10.8 Å². The molecule has 1 aliphatic rings. The summed E-state index contributed by atoms with van der Waals surface area (Å²) in [6, 6.07) is 22.6. The van der Waals surface area contributed by atoms with Gasteiger partial charge in [-0.3, -0.25) is 4.57 Å². The van der Waals surface area contributed by atoms with E-state index in [1.807, 2.05) is 28.8 Å². The van der Waals surface area contributed by atoms with Crippen molar-refractivity contribution < 1.29 is 0 Å². The molecule has 126 valence electrons. The molecule has 5 heteroatoms. The fourth-order valence-electron chi connectivity index (χ4n) is 3.47. The van der Waals surface area contributed by atoms with Gasteiger partial charge in [-0.1, -0.05) is 66.2 Å². The van der Waals surface area contributed by atoms with E-state index in [2.05, 4.69) is 64.1 Å². The average Bonchev–Trinajstić information content (AvgIpc) is 3.16. The molecule has 0 aliphatic carbocycles. The predicted octanol–water partition coefficient (Wildman–Crippen LogP) is 5.14. The van der Waals surface area contributed by atoms with Crippen LogP contribution in [0.25, 0.3) is 16.5 Å². The molecule has 0 bridgehead atoms. The molecule has 1 aromatic heterocycles. The van der Waals surface area contributed by atoms with Crippen molar-refractivity contribution in [3.63, 3.8) is 0 Å². The number of hydrogen-bond acceptors (Lipinski definition) is 3. The van der Waals surface area contributed by atoms with E-state index < -0.39 is 0 Å². The van der Waals surface area contributed by atoms with E-state index >= 15 is 0 Å². The van der Waals surface area contributed by atoms with Crippen LogP contribution >= 0.6 is 11.6 Å². The third kappa shape index (κ3) is 2.47. The number of anilines is 1. The number of aromatic nitrogens is 3. The Bertz CT molecular complexity index is 1120. The summed E-state index contributed by atoms with van der Waals surface area (Å²) in [5.41, 5.74) is 3.31. The molecule has 4 aromatic rings. The molecule has 2 heterocycles. The molecule has 5 rings (SSSR count). The predicted molar refractivity (Wildman–Crippen MR) is 105 cm³/mol. The van der Waals surface area contributed by atoms with Gasteiger partial charge >= 0.3 is 0 Å². The first kappa shape index (κ1) is 15.2. The molecule has 1 N–H and O–H groups in total. The Morgan fingerprint density at radius 1 is 0.923 bits per heavy atom. The first-order valence-electron chi connectivity index (χ1n) is 8.41. The van der Waals surface area contributed by atoms with Crippen molar-refractivity contribution in [3.8, 4) is 0 Å². The zero-order chi connectivity index (χ0) is 17.5. The second kappa shape index (κ2) is 6.00. The SMILES string of the molecule is Clc1ccc(C2C=C(c3cccc4ccccc34)Nc3nncn32)cc1. The van der Waals surface area contributed by atoms with Gasteiger partial charge in [-0.2, -0.15) is 0 Å². The van der Waals surface area contributed by atoms with Crippen LogP contribution in [0, 0.1) is 0 Å². The summed E-state index contributed by atoms with van der Waals surface area (Å²) in [6.07, 6.45) is 3.96. The summed E-state index contributed by atoms with van der Waals surface area (Å²) in [7, 11) is 0. The molecular weight excluding hydrogens is 344 g/mol. The lowest BCUT2D eigenvalue weighted by molar-refractivity contribution is 0.696. The lowest BCUT2D eigenvalue weighted by Gasteiger charge is -2.25. The third-order valence-electron chi connectivity index (χ3n) is 4.74. The highest BCUT2D eigenvalue weighted by molar-refractivity contribution is 6.30. The van der Waals surface area contributed by atoms with Gasteiger partial charge in [-0.05, 0) is 34.5 Å². The molecular formula is C21H15ClN4. The Labute approximate surface area is 155 Å². The normalized spacial score (nSPS) is 16.0. The third-order valence-corrected chi connectivity index (χ3v) is 4.99. The van der Waals surface area contributed by atoms with Crippen LogP contribution in [0.1, 0.15) is 17.2 Å². The fraction of sp³-hybridized carbons (Fsp3) is 0.0476. The Morgan fingerprint density at radius 3 is 2.62 bits per heavy atom. The molecule has 0 saturated carbocycles. The van der Waals surface area contributed by atoms with Crippen molar-refractivity contribution in [2.75, 3.05) is 5.32 Å². The van der Waals surface area contributed by atoms with Crippen molar-refractivity contribution in [2.24, 2.45) is 0 Å². The van der Waals surface area contributed by atoms with E-state index in [0.29, 0.717) is 0 Å². The summed E-state index contributed by atoms with van der Waals surface area (Å²) >= 11 is 6.06. The van der Waals surface area contributed by atoms with Crippen molar-refractivity contribution in [2.45, 2.75) is 6.04 Å². The molecule has 4 nitrogen and oxygen atoms in total. The zero-order valence-corrected chi connectivity index (χ0v) is 14.6. The second-order valence-corrected chi connectivity index (χ2v) is 6.73. The van der Waals surface area contributed by atoms with Gasteiger partial charge in [0.15, 0.2) is 0 Å². The maximum absolute atomic E-state index is 6.06. The molecule has 1 atom stereocenters. The van der Waals surface area contributed by atoms with Crippen LogP contribution in [0.2, 0.25) is 5.02 Å². The number of allylic oxidation sites excluding steroid dienone is 1. The van der Waals surface area contributed by atoms with E-state index in [-0.39, 0.29) is 6.04 Å². The largest absolute Gasteiger partial charge is 0.324 e. The molecule has 0 fully saturated rings. The number of rotatable bonds is 2. The first-order valence-corrected chi connectivity index (χ1v) is 8.79. The molecule has 1 unspecified atom stereocenters. The molecule has 0 saturated heterocycles. The Balaban J connectivity index is 1.68. The highest BCUT2D eigenvalue weighted by atomic mass is 35.5. The minimum atomic E-state index is 0.00693. The van der Waals surface area contributed by atoms with Crippen molar-refractivity contribution in [1.82, 2.24) is 14.8 Å². The zero-order valence-electron chi connectivity index (χ0n) is 13.8. The highest BCUT2D eigenvalue weighted by Crippen LogP contribution is 2.35. The quantitative estimate of drug-likeness (QED) is 0.539. The van der Waals surface area contributed by atoms with E-state index in [1.54, 1.807) is 6.33 Å². The van der Waals surface area contributed by atoms with Crippen molar-refractivity contribution in [1.29, 1.82) is 0 Å². The van der Waals surface area contributed by atoms with Crippen molar-refractivity contribution >= 4 is 34.0 Å². The van der Waals surface area contributed by atoms with E-state index in [9.17, 15) is 0 Å². The molecule has 0 amide bonds. The van der Waals surface area contributed by atoms with Gasteiger partial charge in [0.2, 0.25) is 5.95 Å². The average molecular weight is 359 g/mol. The number of fused-ring (bicyclic) bond motifs is 2. The van der Waals surface area contributed by atoms with Crippen LogP contribution in [0.15, 0.2) is 79.1 Å². The molecule has 0 spiro atoms. The van der Waals surface area contributed by atoms with Crippen LogP contribution in [-0.4, -0.2) is 14.8 Å². The topological polar surface area (TPSA) is 42.7 Å². The number of benzene rings is 3. The lowest BCUT2D eigenvalue weighted by atomic mass is 9.98. The van der Waals surface area contributed by atoms with Crippen molar-refractivity contribution in [3.05, 3.63) is 95.3 Å². The minimum absolute atomic E-state index is 0.00693. The number of nitrogens with one attached hydrogen (secondary N) is 1.